The molecule has 0 aliphatic carbocycles. The van der Waals surface area contributed by atoms with Crippen LogP contribution in [0.15, 0.2) is 36.9 Å². The minimum absolute atomic E-state index is 0.717. The van der Waals surface area contributed by atoms with Crippen LogP contribution in [0.2, 0.25) is 0 Å². The van der Waals surface area contributed by atoms with Crippen molar-refractivity contribution in [3.05, 3.63) is 48.0 Å². The second-order valence-electron chi connectivity index (χ2n) is 5.95. The predicted molar refractivity (Wildman–Crippen MR) is 96.2 cm³/mol. The van der Waals surface area contributed by atoms with E-state index >= 15 is 0 Å². The molecule has 6 nitrogen and oxygen atoms in total. The molecule has 0 saturated heterocycles. The van der Waals surface area contributed by atoms with Gasteiger partial charge in [-0.2, -0.15) is 5.10 Å². The highest BCUT2D eigenvalue weighted by atomic mass is 15.3. The van der Waals surface area contributed by atoms with Gasteiger partial charge in [0.05, 0.1) is 5.39 Å². The highest BCUT2D eigenvalue weighted by molar-refractivity contribution is 5.87. The highest BCUT2D eigenvalue weighted by Gasteiger charge is 2.09. The molecule has 2 N–H and O–H groups in total. The number of para-hydroxylation sites is 1. The van der Waals surface area contributed by atoms with E-state index in [0.717, 1.165) is 36.2 Å². The van der Waals surface area contributed by atoms with Gasteiger partial charge in [0.15, 0.2) is 5.65 Å². The smallest absolute Gasteiger partial charge is 0.186 e. The molecule has 0 unspecified atom stereocenters. The molecular formula is C18H20N6. The summed E-state index contributed by atoms with van der Waals surface area (Å²) in [4.78, 5) is 12.0. The third-order valence-electron chi connectivity index (χ3n) is 4.39. The van der Waals surface area contributed by atoms with Gasteiger partial charge in [-0.1, -0.05) is 25.1 Å². The first-order valence-electron chi connectivity index (χ1n) is 8.22. The van der Waals surface area contributed by atoms with Crippen molar-refractivity contribution in [2.24, 2.45) is 7.05 Å². The Kier molecular flexibility index (Phi) is 3.65. The number of hydrogen-bond acceptors (Lipinski definition) is 4. The van der Waals surface area contributed by atoms with Crippen LogP contribution < -0.4 is 5.32 Å². The summed E-state index contributed by atoms with van der Waals surface area (Å²) in [5.41, 5.74) is 4.66. The van der Waals surface area contributed by atoms with Crippen molar-refractivity contribution in [3.63, 3.8) is 0 Å². The Balaban J connectivity index is 1.53. The summed E-state index contributed by atoms with van der Waals surface area (Å²) in [5, 5.41) is 9.99. The largest absolute Gasteiger partial charge is 0.369 e. The van der Waals surface area contributed by atoms with Gasteiger partial charge >= 0.3 is 0 Å². The number of anilines is 1. The fraction of sp³-hybridized carbons (Fsp3) is 0.278. The average Bonchev–Trinajstić information content (AvgIpc) is 3.18. The Bertz CT molecular complexity index is 997. The monoisotopic (exact) mass is 320 g/mol. The lowest BCUT2D eigenvalue weighted by Gasteiger charge is -2.06. The van der Waals surface area contributed by atoms with Crippen LogP contribution in [0.1, 0.15) is 18.1 Å². The first-order chi connectivity index (χ1) is 11.8. The number of benzene rings is 1. The fourth-order valence-corrected chi connectivity index (χ4v) is 3.18. The van der Waals surface area contributed by atoms with Gasteiger partial charge in [-0.25, -0.2) is 9.97 Å². The van der Waals surface area contributed by atoms with Crippen molar-refractivity contribution in [2.75, 3.05) is 11.9 Å². The SMILES string of the molecule is CCc1cccc2c(CCNc3ncnc4nn(C)cc34)c[nH]c12. The second-order valence-corrected chi connectivity index (χ2v) is 5.95. The Morgan fingerprint density at radius 1 is 1.17 bits per heavy atom. The number of aromatic nitrogens is 5. The van der Waals surface area contributed by atoms with Gasteiger partial charge in [-0.3, -0.25) is 4.68 Å². The molecule has 3 aromatic heterocycles. The average molecular weight is 320 g/mol. The zero-order chi connectivity index (χ0) is 16.5. The van der Waals surface area contributed by atoms with Crippen LogP contribution in [0.5, 0.6) is 0 Å². The number of H-pyrrole nitrogens is 1. The topological polar surface area (TPSA) is 71.4 Å². The van der Waals surface area contributed by atoms with Crippen molar-refractivity contribution in [1.29, 1.82) is 0 Å². The summed E-state index contributed by atoms with van der Waals surface area (Å²) in [5.74, 6) is 0.835. The molecule has 0 radical (unpaired) electrons. The van der Waals surface area contributed by atoms with Crippen molar-refractivity contribution in [1.82, 2.24) is 24.7 Å². The van der Waals surface area contributed by atoms with E-state index in [1.165, 1.54) is 22.0 Å². The summed E-state index contributed by atoms with van der Waals surface area (Å²) in [7, 11) is 1.89. The van der Waals surface area contributed by atoms with Crippen LogP contribution in [0.3, 0.4) is 0 Å². The number of rotatable bonds is 5. The summed E-state index contributed by atoms with van der Waals surface area (Å²) in [6, 6.07) is 6.50. The molecule has 4 rings (SSSR count). The Morgan fingerprint density at radius 2 is 2.08 bits per heavy atom. The maximum atomic E-state index is 4.35. The third-order valence-corrected chi connectivity index (χ3v) is 4.39. The van der Waals surface area contributed by atoms with E-state index in [-0.39, 0.29) is 0 Å². The summed E-state index contributed by atoms with van der Waals surface area (Å²) >= 11 is 0. The van der Waals surface area contributed by atoms with Gasteiger partial charge < -0.3 is 10.3 Å². The molecule has 0 fully saturated rings. The highest BCUT2D eigenvalue weighted by Crippen LogP contribution is 2.23. The first kappa shape index (κ1) is 14.7. The molecule has 6 heteroatoms. The Labute approximate surface area is 139 Å². The van der Waals surface area contributed by atoms with E-state index in [9.17, 15) is 0 Å². The van der Waals surface area contributed by atoms with E-state index in [4.69, 9.17) is 0 Å². The molecule has 0 aliphatic heterocycles. The number of nitrogens with zero attached hydrogens (tertiary/aromatic N) is 4. The van der Waals surface area contributed by atoms with Crippen molar-refractivity contribution < 1.29 is 0 Å². The summed E-state index contributed by atoms with van der Waals surface area (Å²) in [6.07, 6.45) is 7.58. The van der Waals surface area contributed by atoms with Crippen LogP contribution in [-0.4, -0.2) is 31.3 Å². The molecule has 0 amide bonds. The number of fused-ring (bicyclic) bond motifs is 2. The van der Waals surface area contributed by atoms with Crippen LogP contribution in [0.4, 0.5) is 5.82 Å². The van der Waals surface area contributed by atoms with Gasteiger partial charge in [0.25, 0.3) is 0 Å². The Morgan fingerprint density at radius 3 is 2.96 bits per heavy atom. The summed E-state index contributed by atoms with van der Waals surface area (Å²) < 4.78 is 1.76. The molecule has 0 spiro atoms. The first-order valence-corrected chi connectivity index (χ1v) is 8.22. The maximum absolute atomic E-state index is 4.35. The van der Waals surface area contributed by atoms with E-state index in [1.54, 1.807) is 11.0 Å². The van der Waals surface area contributed by atoms with Crippen LogP contribution >= 0.6 is 0 Å². The molecule has 122 valence electrons. The number of aryl methyl sites for hydroxylation is 2. The number of hydrogen-bond donors (Lipinski definition) is 2. The maximum Gasteiger partial charge on any atom is 0.186 e. The summed E-state index contributed by atoms with van der Waals surface area (Å²) in [6.45, 7) is 3.00. The van der Waals surface area contributed by atoms with Crippen LogP contribution in [0, 0.1) is 0 Å². The lowest BCUT2D eigenvalue weighted by molar-refractivity contribution is 0.775. The van der Waals surface area contributed by atoms with Crippen molar-refractivity contribution in [2.45, 2.75) is 19.8 Å². The third kappa shape index (κ3) is 2.50. The van der Waals surface area contributed by atoms with Crippen molar-refractivity contribution in [3.8, 4) is 0 Å². The lowest BCUT2D eigenvalue weighted by Crippen LogP contribution is -2.06. The quantitative estimate of drug-likeness (QED) is 0.593. The molecule has 1 aromatic carbocycles. The molecule has 4 aromatic rings. The molecule has 0 saturated carbocycles. The van der Waals surface area contributed by atoms with Crippen molar-refractivity contribution >= 4 is 27.8 Å². The van der Waals surface area contributed by atoms with Gasteiger partial charge in [-0.05, 0) is 24.0 Å². The van der Waals surface area contributed by atoms with E-state index in [2.05, 4.69) is 56.7 Å². The standard InChI is InChI=1S/C18H20N6/c1-3-12-5-4-6-14-13(9-20-16(12)14)7-8-19-17-15-10-24(2)23-18(15)22-11-21-17/h4-6,9-11,20H,3,7-8H2,1-2H3,(H,19,21,22,23). The number of nitrogens with one attached hydrogen (secondary N) is 2. The second kappa shape index (κ2) is 5.96. The molecule has 24 heavy (non-hydrogen) atoms. The molecule has 0 bridgehead atoms. The van der Waals surface area contributed by atoms with Gasteiger partial charge in [0.1, 0.15) is 12.1 Å². The zero-order valence-corrected chi connectivity index (χ0v) is 13.9. The minimum atomic E-state index is 0.717. The minimum Gasteiger partial charge on any atom is -0.369 e. The van der Waals surface area contributed by atoms with E-state index in [1.807, 2.05) is 13.2 Å². The van der Waals surface area contributed by atoms with Gasteiger partial charge in [0.2, 0.25) is 0 Å². The molecule has 0 aliphatic rings. The van der Waals surface area contributed by atoms with Gasteiger partial charge in [0, 0.05) is 36.9 Å². The molecular weight excluding hydrogens is 300 g/mol. The fourth-order valence-electron chi connectivity index (χ4n) is 3.18. The van der Waals surface area contributed by atoms with E-state index < -0.39 is 0 Å². The zero-order valence-electron chi connectivity index (χ0n) is 13.9. The van der Waals surface area contributed by atoms with Crippen LogP contribution in [-0.2, 0) is 19.9 Å². The normalized spacial score (nSPS) is 11.4. The predicted octanol–water partition coefficient (Wildman–Crippen LogP) is 3.06. The van der Waals surface area contributed by atoms with Crippen LogP contribution in [0.25, 0.3) is 21.9 Å². The molecule has 0 atom stereocenters. The number of aromatic amines is 1. The van der Waals surface area contributed by atoms with Gasteiger partial charge in [-0.15, -0.1) is 0 Å². The Hall–Kier alpha value is -2.89. The van der Waals surface area contributed by atoms with E-state index in [0.29, 0.717) is 0 Å². The lowest BCUT2D eigenvalue weighted by atomic mass is 10.1. The molecule has 3 heterocycles.